The van der Waals surface area contributed by atoms with Gasteiger partial charge < -0.3 is 5.32 Å². The van der Waals surface area contributed by atoms with Gasteiger partial charge in [-0.2, -0.15) is 5.26 Å². The smallest absolute Gasteiger partial charge is 0.266 e. The highest BCUT2D eigenvalue weighted by molar-refractivity contribution is 6.31. The van der Waals surface area contributed by atoms with Crippen LogP contribution in [0.15, 0.2) is 72.3 Å². The fourth-order valence-electron chi connectivity index (χ4n) is 3.05. The SMILES string of the molecule is Cc1ccc(C)c(NC(=O)/C(C#N)=C/c2ccccc2Cc2ccccc2Cl)c1. The normalized spacial score (nSPS) is 11.0. The molecule has 4 heteroatoms. The molecule has 3 rings (SSSR count). The summed E-state index contributed by atoms with van der Waals surface area (Å²) in [5, 5.41) is 13.1. The van der Waals surface area contributed by atoms with Gasteiger partial charge in [0.1, 0.15) is 11.6 Å². The van der Waals surface area contributed by atoms with Crippen molar-refractivity contribution in [2.24, 2.45) is 0 Å². The number of amides is 1. The van der Waals surface area contributed by atoms with Gasteiger partial charge in [-0.15, -0.1) is 0 Å². The maximum Gasteiger partial charge on any atom is 0.266 e. The van der Waals surface area contributed by atoms with Gasteiger partial charge in [-0.05, 0) is 66.3 Å². The Labute approximate surface area is 176 Å². The van der Waals surface area contributed by atoms with E-state index in [-0.39, 0.29) is 5.57 Å². The number of hydrogen-bond acceptors (Lipinski definition) is 2. The molecule has 0 aromatic heterocycles. The Balaban J connectivity index is 1.89. The molecule has 0 atom stereocenters. The molecule has 3 nitrogen and oxygen atoms in total. The number of carbonyl (C=O) groups is 1. The lowest BCUT2D eigenvalue weighted by Crippen LogP contribution is -2.14. The van der Waals surface area contributed by atoms with Gasteiger partial charge in [-0.3, -0.25) is 4.79 Å². The highest BCUT2D eigenvalue weighted by Crippen LogP contribution is 2.23. The van der Waals surface area contributed by atoms with Gasteiger partial charge in [0.15, 0.2) is 0 Å². The first-order chi connectivity index (χ1) is 14.0. The third kappa shape index (κ3) is 5.13. The largest absolute Gasteiger partial charge is 0.321 e. The number of rotatable bonds is 5. The van der Waals surface area contributed by atoms with E-state index in [2.05, 4.69) is 5.32 Å². The number of halogens is 1. The van der Waals surface area contributed by atoms with Gasteiger partial charge in [0.05, 0.1) is 0 Å². The summed E-state index contributed by atoms with van der Waals surface area (Å²) in [4.78, 5) is 12.7. The van der Waals surface area contributed by atoms with Crippen LogP contribution in [0.25, 0.3) is 6.08 Å². The molecule has 0 radical (unpaired) electrons. The highest BCUT2D eigenvalue weighted by Gasteiger charge is 2.13. The van der Waals surface area contributed by atoms with E-state index in [1.807, 2.05) is 86.6 Å². The third-order valence-electron chi connectivity index (χ3n) is 4.70. The molecule has 0 bridgehead atoms. The molecule has 29 heavy (non-hydrogen) atoms. The first kappa shape index (κ1) is 20.4. The van der Waals surface area contributed by atoms with Gasteiger partial charge in [0, 0.05) is 10.7 Å². The predicted octanol–water partition coefficient (Wildman–Crippen LogP) is 6.09. The number of benzene rings is 3. The van der Waals surface area contributed by atoms with Crippen molar-refractivity contribution >= 4 is 29.3 Å². The summed E-state index contributed by atoms with van der Waals surface area (Å²) in [7, 11) is 0. The maximum absolute atomic E-state index is 12.7. The van der Waals surface area contributed by atoms with E-state index in [1.165, 1.54) is 0 Å². The minimum absolute atomic E-state index is 0.0533. The number of nitrogens with zero attached hydrogens (tertiary/aromatic N) is 1. The fourth-order valence-corrected chi connectivity index (χ4v) is 3.25. The van der Waals surface area contributed by atoms with E-state index >= 15 is 0 Å². The van der Waals surface area contributed by atoms with Crippen LogP contribution in [0.5, 0.6) is 0 Å². The third-order valence-corrected chi connectivity index (χ3v) is 5.07. The summed E-state index contributed by atoms with van der Waals surface area (Å²) in [6.45, 7) is 3.88. The standard InChI is InChI=1S/C25H21ClN2O/c1-17-11-12-18(2)24(13-17)28-25(29)22(16-27)15-20-8-4-3-7-19(20)14-21-9-5-6-10-23(21)26/h3-13,15H,14H2,1-2H3,(H,28,29)/b22-15+. The van der Waals surface area contributed by atoms with E-state index in [0.717, 1.165) is 27.8 Å². The highest BCUT2D eigenvalue weighted by atomic mass is 35.5. The summed E-state index contributed by atoms with van der Waals surface area (Å²) < 4.78 is 0. The van der Waals surface area contributed by atoms with Crippen molar-refractivity contribution in [3.8, 4) is 6.07 Å². The van der Waals surface area contributed by atoms with E-state index in [1.54, 1.807) is 6.08 Å². The molecule has 0 fully saturated rings. The second kappa shape index (κ2) is 9.23. The topological polar surface area (TPSA) is 52.9 Å². The average Bonchev–Trinajstić information content (AvgIpc) is 2.71. The van der Waals surface area contributed by atoms with E-state index in [9.17, 15) is 10.1 Å². The molecule has 144 valence electrons. The Morgan fingerprint density at radius 2 is 1.72 bits per heavy atom. The minimum Gasteiger partial charge on any atom is -0.321 e. The lowest BCUT2D eigenvalue weighted by atomic mass is 9.98. The summed E-state index contributed by atoms with van der Waals surface area (Å²) in [6.07, 6.45) is 2.25. The molecule has 3 aromatic rings. The second-order valence-electron chi connectivity index (χ2n) is 6.91. The quantitative estimate of drug-likeness (QED) is 0.416. The molecule has 0 saturated carbocycles. The van der Waals surface area contributed by atoms with Crippen molar-refractivity contribution in [2.75, 3.05) is 5.32 Å². The number of nitriles is 1. The molecule has 0 spiro atoms. The Bertz CT molecular complexity index is 1130. The Hall–Kier alpha value is -3.35. The van der Waals surface area contributed by atoms with Crippen molar-refractivity contribution in [2.45, 2.75) is 20.3 Å². The first-order valence-corrected chi connectivity index (χ1v) is 9.67. The van der Waals surface area contributed by atoms with Gasteiger partial charge in [0.25, 0.3) is 5.91 Å². The Morgan fingerprint density at radius 3 is 2.45 bits per heavy atom. The number of hydrogen-bond donors (Lipinski definition) is 1. The van der Waals surface area contributed by atoms with Crippen molar-refractivity contribution in [1.82, 2.24) is 0 Å². The summed E-state index contributed by atoms with van der Waals surface area (Å²) in [6, 6.07) is 23.2. The summed E-state index contributed by atoms with van der Waals surface area (Å²) >= 11 is 6.30. The molecular weight excluding hydrogens is 380 g/mol. The lowest BCUT2D eigenvalue weighted by molar-refractivity contribution is -0.112. The average molecular weight is 401 g/mol. The van der Waals surface area contributed by atoms with Crippen LogP contribution in [0.2, 0.25) is 5.02 Å². The Morgan fingerprint density at radius 1 is 1.03 bits per heavy atom. The first-order valence-electron chi connectivity index (χ1n) is 9.29. The van der Waals surface area contributed by atoms with Crippen LogP contribution in [0.1, 0.15) is 27.8 Å². The molecule has 0 aliphatic rings. The van der Waals surface area contributed by atoms with Gasteiger partial charge >= 0.3 is 0 Å². The molecule has 3 aromatic carbocycles. The van der Waals surface area contributed by atoms with Crippen molar-refractivity contribution in [3.05, 3.63) is 105 Å². The molecule has 0 heterocycles. The van der Waals surface area contributed by atoms with Crippen LogP contribution in [0, 0.1) is 25.2 Å². The summed E-state index contributed by atoms with van der Waals surface area (Å²) in [5.74, 6) is -0.422. The molecular formula is C25H21ClN2O. The fraction of sp³-hybridized carbons (Fsp3) is 0.120. The van der Waals surface area contributed by atoms with Gasteiger partial charge in [-0.25, -0.2) is 0 Å². The number of anilines is 1. The minimum atomic E-state index is -0.422. The van der Waals surface area contributed by atoms with Crippen molar-refractivity contribution in [3.63, 3.8) is 0 Å². The second-order valence-corrected chi connectivity index (χ2v) is 7.32. The zero-order chi connectivity index (χ0) is 20.8. The zero-order valence-corrected chi connectivity index (χ0v) is 17.1. The van der Waals surface area contributed by atoms with Crippen LogP contribution >= 0.6 is 11.6 Å². The monoisotopic (exact) mass is 400 g/mol. The van der Waals surface area contributed by atoms with Crippen LogP contribution in [-0.4, -0.2) is 5.91 Å². The van der Waals surface area contributed by atoms with Crippen LogP contribution in [-0.2, 0) is 11.2 Å². The molecule has 1 amide bonds. The zero-order valence-electron chi connectivity index (χ0n) is 16.4. The van der Waals surface area contributed by atoms with E-state index in [4.69, 9.17) is 11.6 Å². The number of nitrogens with one attached hydrogen (secondary N) is 1. The van der Waals surface area contributed by atoms with Crippen molar-refractivity contribution in [1.29, 1.82) is 5.26 Å². The summed E-state index contributed by atoms with van der Waals surface area (Å²) in [5.41, 5.74) is 5.55. The number of carbonyl (C=O) groups excluding carboxylic acids is 1. The number of aryl methyl sites for hydroxylation is 2. The maximum atomic E-state index is 12.7. The van der Waals surface area contributed by atoms with E-state index in [0.29, 0.717) is 17.1 Å². The van der Waals surface area contributed by atoms with Crippen LogP contribution in [0.3, 0.4) is 0 Å². The molecule has 0 aliphatic carbocycles. The lowest BCUT2D eigenvalue weighted by Gasteiger charge is -2.10. The van der Waals surface area contributed by atoms with Gasteiger partial charge in [-0.1, -0.05) is 66.2 Å². The predicted molar refractivity (Wildman–Crippen MR) is 119 cm³/mol. The van der Waals surface area contributed by atoms with Gasteiger partial charge in [0.2, 0.25) is 0 Å². The van der Waals surface area contributed by atoms with Crippen LogP contribution < -0.4 is 5.32 Å². The van der Waals surface area contributed by atoms with Crippen LogP contribution in [0.4, 0.5) is 5.69 Å². The van der Waals surface area contributed by atoms with E-state index < -0.39 is 5.91 Å². The molecule has 0 aliphatic heterocycles. The molecule has 0 unspecified atom stereocenters. The van der Waals surface area contributed by atoms with Crippen molar-refractivity contribution < 1.29 is 4.79 Å². The Kier molecular flexibility index (Phi) is 6.49. The molecule has 1 N–H and O–H groups in total. The molecule has 0 saturated heterocycles.